The number of hydrogen-bond acceptors (Lipinski definition) is 10. The Kier molecular flexibility index (Phi) is 7.38. The molecule has 0 spiro atoms. The van der Waals surface area contributed by atoms with E-state index in [9.17, 15) is 4.79 Å². The van der Waals surface area contributed by atoms with E-state index in [1.165, 1.54) is 0 Å². The van der Waals surface area contributed by atoms with Crippen molar-refractivity contribution in [3.63, 3.8) is 0 Å². The molecule has 2 N–H and O–H groups in total. The second-order valence-electron chi connectivity index (χ2n) is 7.84. The molecule has 33 heavy (non-hydrogen) atoms. The van der Waals surface area contributed by atoms with Crippen LogP contribution in [0, 0.1) is 0 Å². The maximum Gasteiger partial charge on any atom is 0.341 e. The monoisotopic (exact) mass is 455 g/mol. The Labute approximate surface area is 192 Å². The summed E-state index contributed by atoms with van der Waals surface area (Å²) in [6.07, 6.45) is 6.18. The zero-order chi connectivity index (χ0) is 23.0. The van der Waals surface area contributed by atoms with Crippen LogP contribution in [-0.2, 0) is 4.79 Å². The van der Waals surface area contributed by atoms with Gasteiger partial charge < -0.3 is 24.4 Å². The molecular weight excluding hydrogens is 426 g/mol. The number of aromatic nitrogens is 3. The predicted octanol–water partition coefficient (Wildman–Crippen LogP) is 2.38. The molecule has 0 atom stereocenters. The Morgan fingerprint density at radius 1 is 1.03 bits per heavy atom. The molecule has 1 aromatic heterocycles. The van der Waals surface area contributed by atoms with Crippen LogP contribution in [0.2, 0.25) is 0 Å². The van der Waals surface area contributed by atoms with Crippen molar-refractivity contribution in [1.82, 2.24) is 15.0 Å². The van der Waals surface area contributed by atoms with Gasteiger partial charge in [0.15, 0.2) is 18.1 Å². The highest BCUT2D eigenvalue weighted by molar-refractivity contribution is 5.81. The number of aliphatic carboxylic acids is 1. The molecule has 1 aromatic carbocycles. The maximum atomic E-state index is 10.8. The van der Waals surface area contributed by atoms with Gasteiger partial charge in [0.25, 0.3) is 0 Å². The normalized spacial score (nSPS) is 15.9. The third-order valence-corrected chi connectivity index (χ3v) is 5.39. The molecule has 2 aliphatic rings. The summed E-state index contributed by atoms with van der Waals surface area (Å²) in [6, 6.07) is 5.17. The fourth-order valence-corrected chi connectivity index (χ4v) is 3.82. The predicted molar refractivity (Wildman–Crippen MR) is 125 cm³/mol. The summed E-state index contributed by atoms with van der Waals surface area (Å²) < 4.78 is 10.9. The van der Waals surface area contributed by atoms with Gasteiger partial charge in [0.05, 0.1) is 12.8 Å². The number of nitrogens with one attached hydrogen (secondary N) is 1. The number of ether oxygens (including phenoxy) is 2. The Bertz CT molecular complexity index is 954. The Morgan fingerprint density at radius 3 is 2.24 bits per heavy atom. The largest absolute Gasteiger partial charge is 0.490 e. The van der Waals surface area contributed by atoms with Crippen LogP contribution >= 0.6 is 0 Å². The molecular formula is C22H29N7O4. The average Bonchev–Trinajstić information content (AvgIpc) is 3.53. The first-order chi connectivity index (χ1) is 16.1. The van der Waals surface area contributed by atoms with E-state index in [1.54, 1.807) is 24.4 Å². The topological polar surface area (TPSA) is 125 Å². The molecule has 0 aliphatic carbocycles. The van der Waals surface area contributed by atoms with Gasteiger partial charge >= 0.3 is 5.97 Å². The van der Waals surface area contributed by atoms with E-state index in [-0.39, 0.29) is 0 Å². The summed E-state index contributed by atoms with van der Waals surface area (Å²) in [5.74, 6) is 1.53. The average molecular weight is 456 g/mol. The fraction of sp³-hybridized carbons (Fsp3) is 0.500. The van der Waals surface area contributed by atoms with Crippen molar-refractivity contribution in [3.8, 4) is 11.5 Å². The molecule has 4 rings (SSSR count). The summed E-state index contributed by atoms with van der Waals surface area (Å²) in [7, 11) is 0. The number of hydrogen-bond donors (Lipinski definition) is 2. The van der Waals surface area contributed by atoms with E-state index < -0.39 is 12.6 Å². The number of benzene rings is 1. The molecule has 3 heterocycles. The van der Waals surface area contributed by atoms with Crippen LogP contribution in [0.25, 0.3) is 0 Å². The van der Waals surface area contributed by atoms with Gasteiger partial charge in [0, 0.05) is 26.2 Å². The van der Waals surface area contributed by atoms with Gasteiger partial charge in [-0.3, -0.25) is 0 Å². The number of carbonyl (C=O) groups is 1. The van der Waals surface area contributed by atoms with Gasteiger partial charge in [-0.05, 0) is 56.4 Å². The number of hydrazone groups is 1. The van der Waals surface area contributed by atoms with Crippen LogP contribution in [0.4, 0.5) is 17.8 Å². The Morgan fingerprint density at radius 2 is 1.67 bits per heavy atom. The fourth-order valence-electron chi connectivity index (χ4n) is 3.82. The van der Waals surface area contributed by atoms with Crippen molar-refractivity contribution >= 4 is 30.0 Å². The second kappa shape index (κ2) is 10.8. The lowest BCUT2D eigenvalue weighted by Gasteiger charge is -2.20. The van der Waals surface area contributed by atoms with Gasteiger partial charge in [0.1, 0.15) is 0 Å². The summed E-state index contributed by atoms with van der Waals surface area (Å²) >= 11 is 0. The van der Waals surface area contributed by atoms with Crippen LogP contribution in [0.15, 0.2) is 23.3 Å². The number of carboxylic acid groups (broad SMARTS) is 1. The summed E-state index contributed by atoms with van der Waals surface area (Å²) in [4.78, 5) is 29.0. The summed E-state index contributed by atoms with van der Waals surface area (Å²) in [6.45, 7) is 5.62. The molecule has 0 unspecified atom stereocenters. The van der Waals surface area contributed by atoms with Crippen molar-refractivity contribution in [2.45, 2.75) is 32.6 Å². The number of anilines is 3. The van der Waals surface area contributed by atoms with E-state index in [2.05, 4.69) is 30.3 Å². The van der Waals surface area contributed by atoms with E-state index in [0.717, 1.165) is 57.4 Å². The summed E-state index contributed by atoms with van der Waals surface area (Å²) in [5.41, 5.74) is 3.68. The Hall–Kier alpha value is -3.63. The lowest BCUT2D eigenvalue weighted by molar-refractivity contribution is -0.139. The zero-order valence-electron chi connectivity index (χ0n) is 18.7. The third kappa shape index (κ3) is 5.99. The molecule has 2 fully saturated rings. The molecule has 2 aliphatic heterocycles. The highest BCUT2D eigenvalue weighted by Crippen LogP contribution is 2.28. The zero-order valence-corrected chi connectivity index (χ0v) is 18.7. The lowest BCUT2D eigenvalue weighted by atomic mass is 10.2. The van der Waals surface area contributed by atoms with Gasteiger partial charge in [-0.25, -0.2) is 10.2 Å². The molecule has 11 heteroatoms. The van der Waals surface area contributed by atoms with E-state index in [1.807, 2.05) is 6.92 Å². The third-order valence-electron chi connectivity index (χ3n) is 5.39. The molecule has 2 saturated heterocycles. The first-order valence-electron chi connectivity index (χ1n) is 11.3. The number of carboxylic acids is 1. The van der Waals surface area contributed by atoms with Crippen molar-refractivity contribution in [2.24, 2.45) is 5.10 Å². The van der Waals surface area contributed by atoms with Crippen LogP contribution in [0.5, 0.6) is 11.5 Å². The van der Waals surface area contributed by atoms with Gasteiger partial charge in [0.2, 0.25) is 17.8 Å². The van der Waals surface area contributed by atoms with E-state index >= 15 is 0 Å². The second-order valence-corrected chi connectivity index (χ2v) is 7.84. The molecule has 0 radical (unpaired) electrons. The maximum absolute atomic E-state index is 10.8. The highest BCUT2D eigenvalue weighted by atomic mass is 16.5. The van der Waals surface area contributed by atoms with Gasteiger partial charge in [-0.15, -0.1) is 0 Å². The van der Waals surface area contributed by atoms with E-state index in [0.29, 0.717) is 36.0 Å². The number of nitrogens with zero attached hydrogens (tertiary/aromatic N) is 6. The molecule has 0 saturated carbocycles. The van der Waals surface area contributed by atoms with Crippen LogP contribution < -0.4 is 24.7 Å². The SMILES string of the molecule is CCOc1cc(/C=N\Nc2nc(N3CCCC3)nc(N3CCCC3)n2)ccc1OCC(=O)O. The first kappa shape index (κ1) is 22.6. The minimum Gasteiger partial charge on any atom is -0.490 e. The number of rotatable bonds is 10. The molecule has 2 aromatic rings. The smallest absolute Gasteiger partial charge is 0.341 e. The highest BCUT2D eigenvalue weighted by Gasteiger charge is 2.21. The van der Waals surface area contributed by atoms with Crippen molar-refractivity contribution in [3.05, 3.63) is 23.8 Å². The van der Waals surface area contributed by atoms with Gasteiger partial charge in [-0.1, -0.05) is 0 Å². The van der Waals surface area contributed by atoms with Crippen LogP contribution in [0.3, 0.4) is 0 Å². The quantitative estimate of drug-likeness (QED) is 0.407. The van der Waals surface area contributed by atoms with Crippen LogP contribution in [-0.4, -0.2) is 71.6 Å². The van der Waals surface area contributed by atoms with Crippen molar-refractivity contribution < 1.29 is 19.4 Å². The van der Waals surface area contributed by atoms with E-state index in [4.69, 9.17) is 19.6 Å². The molecule has 0 amide bonds. The lowest BCUT2D eigenvalue weighted by Crippen LogP contribution is -2.25. The standard InChI is InChI=1S/C22H29N7O4/c1-2-32-18-13-16(7-8-17(18)33-15-19(30)31)14-23-27-20-24-21(28-9-3-4-10-28)26-22(25-20)29-11-5-6-12-29/h7-8,13-14H,2-6,9-12,15H2,1H3,(H,30,31)(H,24,25,26,27)/b23-14-. The molecule has 176 valence electrons. The Balaban J connectivity index is 1.49. The van der Waals surface area contributed by atoms with Gasteiger partial charge in [-0.2, -0.15) is 20.1 Å². The van der Waals surface area contributed by atoms with Crippen molar-refractivity contribution in [1.29, 1.82) is 0 Å². The minimum absolute atomic E-state index is 0.368. The van der Waals surface area contributed by atoms with Crippen molar-refractivity contribution in [2.75, 3.05) is 54.6 Å². The minimum atomic E-state index is -1.05. The van der Waals surface area contributed by atoms with Crippen LogP contribution in [0.1, 0.15) is 38.2 Å². The molecule has 0 bridgehead atoms. The first-order valence-corrected chi connectivity index (χ1v) is 11.3. The molecule has 11 nitrogen and oxygen atoms in total. The summed E-state index contributed by atoms with van der Waals surface area (Å²) in [5, 5.41) is 13.1.